The smallest absolute Gasteiger partial charge is 0.137 e. The molecule has 0 bridgehead atoms. The fourth-order valence-corrected chi connectivity index (χ4v) is 8.24. The Morgan fingerprint density at radius 1 is 0.314 bits per heavy atom. The van der Waals surface area contributed by atoms with E-state index < -0.39 is 0 Å². The van der Waals surface area contributed by atoms with Gasteiger partial charge >= 0.3 is 0 Å². The monoisotopic (exact) mass is 650 g/mol. The van der Waals surface area contributed by atoms with Crippen molar-refractivity contribution in [1.29, 1.82) is 0 Å². The maximum Gasteiger partial charge on any atom is 0.137 e. The van der Waals surface area contributed by atoms with Crippen molar-refractivity contribution in [3.8, 4) is 33.6 Å². The highest BCUT2D eigenvalue weighted by Crippen LogP contribution is 2.41. The van der Waals surface area contributed by atoms with Gasteiger partial charge in [-0.2, -0.15) is 0 Å². The van der Waals surface area contributed by atoms with Crippen LogP contribution in [0.2, 0.25) is 0 Å². The van der Waals surface area contributed by atoms with Crippen molar-refractivity contribution in [1.82, 2.24) is 9.13 Å². The second kappa shape index (κ2) is 10.8. The van der Waals surface area contributed by atoms with Crippen LogP contribution >= 0.6 is 0 Å². The molecule has 51 heavy (non-hydrogen) atoms. The molecule has 11 rings (SSSR count). The number of fused-ring (bicyclic) bond motifs is 9. The van der Waals surface area contributed by atoms with Gasteiger partial charge in [0, 0.05) is 32.6 Å². The van der Waals surface area contributed by atoms with Gasteiger partial charge in [0.05, 0.1) is 33.1 Å². The summed E-state index contributed by atoms with van der Waals surface area (Å²) in [6.07, 6.45) is 0. The highest BCUT2D eigenvalue weighted by atomic mass is 16.3. The zero-order valence-corrected chi connectivity index (χ0v) is 27.6. The van der Waals surface area contributed by atoms with E-state index in [9.17, 15) is 0 Å². The maximum absolute atomic E-state index is 6.35. The average molecular weight is 651 g/mol. The summed E-state index contributed by atoms with van der Waals surface area (Å²) < 4.78 is 11.2. The van der Waals surface area contributed by atoms with Gasteiger partial charge in [-0.05, 0) is 89.0 Å². The number of rotatable bonds is 4. The molecule has 0 fully saturated rings. The Balaban J connectivity index is 1.16. The Morgan fingerprint density at radius 3 is 1.57 bits per heavy atom. The zero-order chi connectivity index (χ0) is 33.5. The van der Waals surface area contributed by atoms with Crippen LogP contribution in [0, 0.1) is 0 Å². The minimum absolute atomic E-state index is 0.892. The first kappa shape index (κ1) is 28.0. The first-order valence-corrected chi connectivity index (χ1v) is 17.4. The van der Waals surface area contributed by atoms with Gasteiger partial charge in [0.25, 0.3) is 0 Å². The Kier molecular flexibility index (Phi) is 5.96. The normalized spacial score (nSPS) is 11.9. The molecule has 0 N–H and O–H groups in total. The second-order valence-corrected chi connectivity index (χ2v) is 13.3. The van der Waals surface area contributed by atoms with Gasteiger partial charge in [-0.15, -0.1) is 0 Å². The van der Waals surface area contributed by atoms with E-state index in [1.807, 2.05) is 6.07 Å². The predicted octanol–water partition coefficient (Wildman–Crippen LogP) is 13.1. The largest absolute Gasteiger partial charge is 0.456 e. The van der Waals surface area contributed by atoms with E-state index in [4.69, 9.17) is 4.42 Å². The molecule has 0 atom stereocenters. The van der Waals surface area contributed by atoms with Crippen LogP contribution < -0.4 is 0 Å². The van der Waals surface area contributed by atoms with Crippen molar-refractivity contribution in [2.24, 2.45) is 0 Å². The van der Waals surface area contributed by atoms with Crippen LogP contribution in [-0.2, 0) is 0 Å². The van der Waals surface area contributed by atoms with E-state index >= 15 is 0 Å². The van der Waals surface area contributed by atoms with Gasteiger partial charge in [0.2, 0.25) is 0 Å². The van der Waals surface area contributed by atoms with Crippen LogP contribution in [0.4, 0.5) is 0 Å². The minimum atomic E-state index is 0.892. The number of furan rings is 1. The maximum atomic E-state index is 6.35. The molecule has 0 spiro atoms. The van der Waals surface area contributed by atoms with Crippen molar-refractivity contribution in [2.75, 3.05) is 0 Å². The van der Waals surface area contributed by atoms with E-state index in [1.54, 1.807) is 0 Å². The molecule has 3 nitrogen and oxygen atoms in total. The van der Waals surface area contributed by atoms with Crippen molar-refractivity contribution < 1.29 is 4.42 Å². The lowest BCUT2D eigenvalue weighted by Crippen LogP contribution is -1.95. The lowest BCUT2D eigenvalue weighted by Gasteiger charge is -2.11. The van der Waals surface area contributed by atoms with E-state index in [2.05, 4.69) is 185 Å². The molecule has 0 saturated carbocycles. The standard InChI is InChI=1S/C48H30N2O/c1-2-12-31(13-3-1)33-24-26-43-39(29-33)40-30-34(25-27-44(40)50(43)45-21-11-23-47-48(45)38-18-6-9-22-46(38)51-47)32-14-10-15-35(28-32)49-41-19-7-4-16-36(41)37-17-5-8-20-42(37)49/h1-30H. The molecule has 0 amide bonds. The molecule has 0 aliphatic rings. The number of benzene rings is 8. The topological polar surface area (TPSA) is 23.0 Å². The van der Waals surface area contributed by atoms with Gasteiger partial charge in [0.1, 0.15) is 11.2 Å². The van der Waals surface area contributed by atoms with E-state index in [1.165, 1.54) is 60.3 Å². The van der Waals surface area contributed by atoms with Crippen LogP contribution in [0.15, 0.2) is 186 Å². The highest BCUT2D eigenvalue weighted by Gasteiger charge is 2.19. The van der Waals surface area contributed by atoms with Crippen LogP contribution in [0.5, 0.6) is 0 Å². The zero-order valence-electron chi connectivity index (χ0n) is 27.6. The summed E-state index contributed by atoms with van der Waals surface area (Å²) in [6.45, 7) is 0. The van der Waals surface area contributed by atoms with Gasteiger partial charge in [-0.3, -0.25) is 0 Å². The average Bonchev–Trinajstić information content (AvgIpc) is 3.85. The molecule has 3 heteroatoms. The molecule has 0 aliphatic heterocycles. The number of aromatic nitrogens is 2. The van der Waals surface area contributed by atoms with Crippen molar-refractivity contribution in [3.05, 3.63) is 182 Å². The molecule has 0 saturated heterocycles. The summed E-state index contributed by atoms with van der Waals surface area (Å²) in [4.78, 5) is 0. The van der Waals surface area contributed by atoms with Crippen LogP contribution in [-0.4, -0.2) is 9.13 Å². The molecule has 3 aromatic heterocycles. The van der Waals surface area contributed by atoms with Crippen molar-refractivity contribution in [2.45, 2.75) is 0 Å². The fraction of sp³-hybridized carbons (Fsp3) is 0. The first-order chi connectivity index (χ1) is 25.3. The molecule has 3 heterocycles. The van der Waals surface area contributed by atoms with E-state index in [0.29, 0.717) is 0 Å². The van der Waals surface area contributed by atoms with Gasteiger partial charge in [0.15, 0.2) is 0 Å². The third-order valence-electron chi connectivity index (χ3n) is 10.5. The second-order valence-electron chi connectivity index (χ2n) is 13.3. The molecule has 8 aromatic carbocycles. The first-order valence-electron chi connectivity index (χ1n) is 17.4. The number of hydrogen-bond donors (Lipinski definition) is 0. The lowest BCUT2D eigenvalue weighted by molar-refractivity contribution is 0.669. The summed E-state index contributed by atoms with van der Waals surface area (Å²) in [7, 11) is 0. The summed E-state index contributed by atoms with van der Waals surface area (Å²) in [5.74, 6) is 0. The highest BCUT2D eigenvalue weighted by molar-refractivity contribution is 6.15. The SMILES string of the molecule is c1ccc(-c2ccc3c(c2)c2cc(-c4cccc(-n5c6ccccc6c6ccccc65)c4)ccc2n3-c2cccc3oc4ccccc4c23)cc1. The molecule has 0 radical (unpaired) electrons. The minimum Gasteiger partial charge on any atom is -0.456 e. The Morgan fingerprint density at radius 2 is 0.843 bits per heavy atom. The van der Waals surface area contributed by atoms with Crippen molar-refractivity contribution >= 4 is 65.6 Å². The predicted molar refractivity (Wildman–Crippen MR) is 213 cm³/mol. The number of para-hydroxylation sites is 3. The summed E-state index contributed by atoms with van der Waals surface area (Å²) in [5.41, 5.74) is 13.6. The van der Waals surface area contributed by atoms with Crippen LogP contribution in [0.25, 0.3) is 99.2 Å². The quantitative estimate of drug-likeness (QED) is 0.186. The van der Waals surface area contributed by atoms with Crippen LogP contribution in [0.3, 0.4) is 0 Å². The third kappa shape index (κ3) is 4.19. The molecule has 0 unspecified atom stereocenters. The Hall–Kier alpha value is -6.84. The summed E-state index contributed by atoms with van der Waals surface area (Å²) in [5, 5.41) is 7.22. The summed E-state index contributed by atoms with van der Waals surface area (Å²) >= 11 is 0. The van der Waals surface area contributed by atoms with Crippen LogP contribution in [0.1, 0.15) is 0 Å². The fourth-order valence-electron chi connectivity index (χ4n) is 8.24. The number of hydrogen-bond acceptors (Lipinski definition) is 1. The molecular weight excluding hydrogens is 621 g/mol. The summed E-state index contributed by atoms with van der Waals surface area (Å²) in [6, 6.07) is 65.5. The molecule has 0 aliphatic carbocycles. The Bertz CT molecular complexity index is 3090. The van der Waals surface area contributed by atoms with Gasteiger partial charge in [-0.1, -0.05) is 115 Å². The molecule has 11 aromatic rings. The van der Waals surface area contributed by atoms with E-state index in [-0.39, 0.29) is 0 Å². The van der Waals surface area contributed by atoms with Gasteiger partial charge < -0.3 is 13.6 Å². The number of nitrogens with zero attached hydrogens (tertiary/aromatic N) is 2. The van der Waals surface area contributed by atoms with Gasteiger partial charge in [-0.25, -0.2) is 0 Å². The third-order valence-corrected chi connectivity index (χ3v) is 10.5. The van der Waals surface area contributed by atoms with Crippen molar-refractivity contribution in [3.63, 3.8) is 0 Å². The molecular formula is C48H30N2O. The van der Waals surface area contributed by atoms with E-state index in [0.717, 1.165) is 38.8 Å². The Labute approximate surface area is 293 Å². The lowest BCUT2D eigenvalue weighted by atomic mass is 10.00. The molecule has 238 valence electrons.